The summed E-state index contributed by atoms with van der Waals surface area (Å²) in [6.07, 6.45) is 2.96. The summed E-state index contributed by atoms with van der Waals surface area (Å²) < 4.78 is 53.0. The molecule has 0 bridgehead atoms. The Hall–Kier alpha value is -2.17. The van der Waals surface area contributed by atoms with Crippen LogP contribution < -0.4 is 5.32 Å². The zero-order valence-corrected chi connectivity index (χ0v) is 19.1. The summed E-state index contributed by atoms with van der Waals surface area (Å²) in [5.74, 6) is -2.74. The maximum absolute atomic E-state index is 13.0. The molecule has 0 aromatic heterocycles. The third-order valence-corrected chi connectivity index (χ3v) is 8.52. The van der Waals surface area contributed by atoms with E-state index in [4.69, 9.17) is 0 Å². The Bertz CT molecular complexity index is 1090. The molecular formula is C22H25F2N3O3S2. The highest BCUT2D eigenvalue weighted by Gasteiger charge is 2.30. The van der Waals surface area contributed by atoms with Crippen molar-refractivity contribution < 1.29 is 22.0 Å². The third kappa shape index (κ3) is 5.07. The van der Waals surface area contributed by atoms with Crippen LogP contribution in [0, 0.1) is 0 Å². The number of fused-ring (bicyclic) bond motifs is 1. The van der Waals surface area contributed by atoms with Crippen molar-refractivity contribution in [2.45, 2.75) is 34.8 Å². The van der Waals surface area contributed by atoms with Crippen molar-refractivity contribution in [1.29, 1.82) is 0 Å². The van der Waals surface area contributed by atoms with E-state index in [0.717, 1.165) is 24.8 Å². The van der Waals surface area contributed by atoms with Crippen LogP contribution in [0.25, 0.3) is 0 Å². The van der Waals surface area contributed by atoms with E-state index in [0.29, 0.717) is 27.2 Å². The first-order valence-electron chi connectivity index (χ1n) is 10.5. The van der Waals surface area contributed by atoms with Crippen LogP contribution in [0.5, 0.6) is 0 Å². The average Bonchev–Trinajstić information content (AvgIpc) is 3.26. The fourth-order valence-corrected chi connectivity index (χ4v) is 6.22. The number of para-hydroxylation sites is 1. The number of aryl methyl sites for hydroxylation is 2. The van der Waals surface area contributed by atoms with Gasteiger partial charge in [0.2, 0.25) is 15.9 Å². The number of amides is 1. The summed E-state index contributed by atoms with van der Waals surface area (Å²) in [6, 6.07) is 12.0. The molecule has 1 aliphatic carbocycles. The Morgan fingerprint density at radius 1 is 1.03 bits per heavy atom. The number of rotatable bonds is 7. The van der Waals surface area contributed by atoms with Crippen LogP contribution in [-0.2, 0) is 27.7 Å². The first-order valence-corrected chi connectivity index (χ1v) is 12.8. The molecule has 0 atom stereocenters. The van der Waals surface area contributed by atoms with Gasteiger partial charge in [0, 0.05) is 36.8 Å². The van der Waals surface area contributed by atoms with E-state index >= 15 is 0 Å². The van der Waals surface area contributed by atoms with Crippen LogP contribution in [0.4, 0.5) is 14.5 Å². The van der Waals surface area contributed by atoms with Gasteiger partial charge in [-0.25, -0.2) is 8.42 Å². The van der Waals surface area contributed by atoms with Crippen molar-refractivity contribution in [3.63, 3.8) is 0 Å². The largest absolute Gasteiger partial charge is 0.375 e. The van der Waals surface area contributed by atoms with Crippen molar-refractivity contribution in [1.82, 2.24) is 9.21 Å². The summed E-state index contributed by atoms with van der Waals surface area (Å²) in [5.41, 5.74) is 2.81. The maximum atomic E-state index is 13.0. The second kappa shape index (κ2) is 9.76. The minimum Gasteiger partial charge on any atom is -0.375 e. The van der Waals surface area contributed by atoms with Crippen LogP contribution in [0.1, 0.15) is 17.5 Å². The molecule has 0 radical (unpaired) electrons. The Morgan fingerprint density at radius 2 is 1.75 bits per heavy atom. The van der Waals surface area contributed by atoms with E-state index in [1.54, 1.807) is 41.3 Å². The van der Waals surface area contributed by atoms with Gasteiger partial charge in [0.1, 0.15) is 0 Å². The number of halogens is 2. The predicted octanol–water partition coefficient (Wildman–Crippen LogP) is 3.44. The number of piperazine rings is 1. The van der Waals surface area contributed by atoms with Crippen molar-refractivity contribution in [2.24, 2.45) is 0 Å². The van der Waals surface area contributed by atoms with Crippen LogP contribution in [0.3, 0.4) is 0 Å². The van der Waals surface area contributed by atoms with Crippen molar-refractivity contribution in [2.75, 3.05) is 38.0 Å². The molecule has 10 heteroatoms. The third-order valence-electron chi connectivity index (χ3n) is 5.83. The minimum atomic E-state index is -3.60. The predicted molar refractivity (Wildman–Crippen MR) is 121 cm³/mol. The monoisotopic (exact) mass is 481 g/mol. The molecule has 2 aromatic carbocycles. The maximum Gasteiger partial charge on any atom is 0.288 e. The number of nitrogens with zero attached hydrogens (tertiary/aromatic N) is 2. The van der Waals surface area contributed by atoms with Gasteiger partial charge in [0.15, 0.2) is 0 Å². The SMILES string of the molecule is O=C(CNc1ccccc1SC(F)F)N1CCN(S(=O)(=O)c2ccc3c(c2)CCC3)CC1. The van der Waals surface area contributed by atoms with Gasteiger partial charge in [0.05, 0.1) is 11.4 Å². The number of hydrogen-bond donors (Lipinski definition) is 1. The van der Waals surface area contributed by atoms with Gasteiger partial charge in [-0.3, -0.25) is 4.79 Å². The molecule has 1 aliphatic heterocycles. The molecular weight excluding hydrogens is 456 g/mol. The number of anilines is 1. The Morgan fingerprint density at radius 3 is 2.50 bits per heavy atom. The number of benzene rings is 2. The molecule has 1 fully saturated rings. The van der Waals surface area contributed by atoms with Gasteiger partial charge in [-0.2, -0.15) is 13.1 Å². The molecule has 0 unspecified atom stereocenters. The van der Waals surface area contributed by atoms with E-state index < -0.39 is 15.8 Å². The molecule has 1 heterocycles. The summed E-state index contributed by atoms with van der Waals surface area (Å²) in [5, 5.41) is 2.93. The van der Waals surface area contributed by atoms with E-state index in [-0.39, 0.29) is 38.6 Å². The Balaban J connectivity index is 1.33. The molecule has 172 valence electrons. The summed E-state index contributed by atoms with van der Waals surface area (Å²) in [7, 11) is -3.60. The van der Waals surface area contributed by atoms with Gasteiger partial charge in [-0.05, 0) is 54.7 Å². The summed E-state index contributed by atoms with van der Waals surface area (Å²) in [4.78, 5) is 14.9. The van der Waals surface area contributed by atoms with Crippen LogP contribution in [-0.4, -0.2) is 62.0 Å². The standard InChI is InChI=1S/C22H25F2N3O3S2/c23-22(24)31-20-7-2-1-6-19(20)25-15-21(28)26-10-12-27(13-11-26)32(29,30)18-9-8-16-4-3-5-17(16)14-18/h1-2,6-9,14,22,25H,3-5,10-13,15H2. The molecule has 4 rings (SSSR count). The lowest BCUT2D eigenvalue weighted by Gasteiger charge is -2.34. The molecule has 1 N–H and O–H groups in total. The second-order valence-corrected chi connectivity index (χ2v) is 10.8. The fraction of sp³-hybridized carbons (Fsp3) is 0.409. The van der Waals surface area contributed by atoms with Gasteiger partial charge in [-0.15, -0.1) is 0 Å². The van der Waals surface area contributed by atoms with E-state index in [2.05, 4.69) is 5.32 Å². The molecule has 2 aromatic rings. The number of thioether (sulfide) groups is 1. The number of sulfonamides is 1. The van der Waals surface area contributed by atoms with Crippen molar-refractivity contribution in [3.05, 3.63) is 53.6 Å². The van der Waals surface area contributed by atoms with Crippen LogP contribution in [0.2, 0.25) is 0 Å². The molecule has 6 nitrogen and oxygen atoms in total. The lowest BCUT2D eigenvalue weighted by atomic mass is 10.1. The van der Waals surface area contributed by atoms with Gasteiger partial charge < -0.3 is 10.2 Å². The Labute approximate surface area is 191 Å². The summed E-state index contributed by atoms with van der Waals surface area (Å²) >= 11 is 0.426. The quantitative estimate of drug-likeness (QED) is 0.614. The highest BCUT2D eigenvalue weighted by Crippen LogP contribution is 2.31. The number of alkyl halides is 2. The highest BCUT2D eigenvalue weighted by molar-refractivity contribution is 7.99. The van der Waals surface area contributed by atoms with E-state index in [1.807, 2.05) is 6.07 Å². The molecule has 1 amide bonds. The number of carbonyl (C=O) groups excluding carboxylic acids is 1. The second-order valence-electron chi connectivity index (χ2n) is 7.80. The lowest BCUT2D eigenvalue weighted by molar-refractivity contribution is -0.130. The van der Waals surface area contributed by atoms with Crippen LogP contribution in [0.15, 0.2) is 52.3 Å². The highest BCUT2D eigenvalue weighted by atomic mass is 32.2. The van der Waals surface area contributed by atoms with Gasteiger partial charge in [0.25, 0.3) is 5.76 Å². The fourth-order valence-electron chi connectivity index (χ4n) is 4.13. The first kappa shape index (κ1) is 23.0. The zero-order chi connectivity index (χ0) is 22.7. The van der Waals surface area contributed by atoms with Crippen molar-refractivity contribution >= 4 is 33.4 Å². The topological polar surface area (TPSA) is 69.7 Å². The number of carbonyl (C=O) groups is 1. The van der Waals surface area contributed by atoms with E-state index in [1.165, 1.54) is 9.87 Å². The molecule has 0 saturated carbocycles. The first-order chi connectivity index (χ1) is 15.3. The molecule has 32 heavy (non-hydrogen) atoms. The smallest absolute Gasteiger partial charge is 0.288 e. The van der Waals surface area contributed by atoms with Gasteiger partial charge in [-0.1, -0.05) is 30.0 Å². The molecule has 2 aliphatic rings. The molecule has 1 saturated heterocycles. The average molecular weight is 482 g/mol. The Kier molecular flexibility index (Phi) is 7.02. The number of hydrogen-bond acceptors (Lipinski definition) is 5. The number of nitrogens with one attached hydrogen (secondary N) is 1. The van der Waals surface area contributed by atoms with Crippen LogP contribution >= 0.6 is 11.8 Å². The molecule has 0 spiro atoms. The lowest BCUT2D eigenvalue weighted by Crippen LogP contribution is -2.51. The normalized spacial score (nSPS) is 16.9. The van der Waals surface area contributed by atoms with Crippen molar-refractivity contribution in [3.8, 4) is 0 Å². The zero-order valence-electron chi connectivity index (χ0n) is 17.5. The minimum absolute atomic E-state index is 0.0433. The summed E-state index contributed by atoms with van der Waals surface area (Å²) in [6.45, 7) is 0.987. The van der Waals surface area contributed by atoms with E-state index in [9.17, 15) is 22.0 Å². The van der Waals surface area contributed by atoms with Gasteiger partial charge >= 0.3 is 0 Å².